The number of benzene rings is 1. The number of hydrogen-bond acceptors (Lipinski definition) is 2. The molecule has 1 aromatic carbocycles. The van der Waals surface area contributed by atoms with E-state index in [9.17, 15) is 5.11 Å². The summed E-state index contributed by atoms with van der Waals surface area (Å²) in [6.45, 7) is 1.93. The highest BCUT2D eigenvalue weighted by Crippen LogP contribution is 2.42. The van der Waals surface area contributed by atoms with Crippen molar-refractivity contribution in [3.63, 3.8) is 0 Å². The topological polar surface area (TPSA) is 23.5 Å². The lowest BCUT2D eigenvalue weighted by Crippen LogP contribution is -2.39. The smallest absolute Gasteiger partial charge is 0.0592 e. The molecule has 1 aliphatic heterocycles. The fraction of sp³-hybridized carbons (Fsp3) is 0.500. The van der Waals surface area contributed by atoms with Crippen LogP contribution in [0.3, 0.4) is 0 Å². The van der Waals surface area contributed by atoms with Crippen LogP contribution in [0.2, 0.25) is 10.0 Å². The molecule has 0 bridgehead atoms. The van der Waals surface area contributed by atoms with Gasteiger partial charge in [-0.2, -0.15) is 0 Å². The van der Waals surface area contributed by atoms with E-state index in [-0.39, 0.29) is 6.10 Å². The average Bonchev–Trinajstić information content (AvgIpc) is 2.54. The molecule has 3 unspecified atom stereocenters. The van der Waals surface area contributed by atoms with Gasteiger partial charge in [0, 0.05) is 34.7 Å². The van der Waals surface area contributed by atoms with Gasteiger partial charge in [0.2, 0.25) is 0 Å². The maximum Gasteiger partial charge on any atom is 0.0592 e. The average molecular weight is 258 g/mol. The van der Waals surface area contributed by atoms with E-state index < -0.39 is 0 Å². The Balaban J connectivity index is 1.83. The Bertz CT molecular complexity index is 403. The zero-order valence-corrected chi connectivity index (χ0v) is 10.2. The van der Waals surface area contributed by atoms with Crippen molar-refractivity contribution in [2.24, 2.45) is 11.8 Å². The largest absolute Gasteiger partial charge is 0.393 e. The number of fused-ring (bicyclic) bond motifs is 1. The molecule has 2 fully saturated rings. The number of rotatable bonds is 1. The summed E-state index contributed by atoms with van der Waals surface area (Å²) >= 11 is 12.0. The van der Waals surface area contributed by atoms with E-state index in [2.05, 4.69) is 4.90 Å². The van der Waals surface area contributed by atoms with E-state index in [1.54, 1.807) is 6.07 Å². The Morgan fingerprint density at radius 2 is 1.81 bits per heavy atom. The maximum atomic E-state index is 9.61. The quantitative estimate of drug-likeness (QED) is 0.837. The van der Waals surface area contributed by atoms with E-state index >= 15 is 0 Å². The van der Waals surface area contributed by atoms with E-state index in [0.717, 1.165) is 25.2 Å². The fourth-order valence-corrected chi connectivity index (χ4v) is 3.32. The van der Waals surface area contributed by atoms with Crippen molar-refractivity contribution >= 4 is 28.9 Å². The molecule has 0 spiro atoms. The molecule has 0 radical (unpaired) electrons. The third-order valence-electron chi connectivity index (χ3n) is 3.74. The second kappa shape index (κ2) is 3.80. The van der Waals surface area contributed by atoms with E-state index in [1.807, 2.05) is 12.1 Å². The summed E-state index contributed by atoms with van der Waals surface area (Å²) in [5.41, 5.74) is 1.07. The fourth-order valence-electron chi connectivity index (χ4n) is 2.80. The molecule has 1 aliphatic carbocycles. The Morgan fingerprint density at radius 3 is 2.38 bits per heavy atom. The molecule has 1 heterocycles. The van der Waals surface area contributed by atoms with Gasteiger partial charge in [-0.25, -0.2) is 0 Å². The van der Waals surface area contributed by atoms with Gasteiger partial charge in [0.1, 0.15) is 0 Å². The first-order chi connectivity index (χ1) is 7.63. The summed E-state index contributed by atoms with van der Waals surface area (Å²) < 4.78 is 0. The summed E-state index contributed by atoms with van der Waals surface area (Å²) in [6.07, 6.45) is 0.833. The van der Waals surface area contributed by atoms with Gasteiger partial charge in [0.15, 0.2) is 0 Å². The highest BCUT2D eigenvalue weighted by atomic mass is 35.5. The minimum Gasteiger partial charge on any atom is -0.393 e. The van der Waals surface area contributed by atoms with Crippen molar-refractivity contribution in [2.75, 3.05) is 18.0 Å². The summed E-state index contributed by atoms with van der Waals surface area (Å²) in [7, 11) is 0. The summed E-state index contributed by atoms with van der Waals surface area (Å²) in [5, 5.41) is 11.0. The van der Waals surface area contributed by atoms with Gasteiger partial charge in [-0.1, -0.05) is 23.2 Å². The van der Waals surface area contributed by atoms with E-state index in [1.165, 1.54) is 0 Å². The summed E-state index contributed by atoms with van der Waals surface area (Å²) in [4.78, 5) is 2.27. The van der Waals surface area contributed by atoms with Crippen molar-refractivity contribution in [3.05, 3.63) is 28.2 Å². The van der Waals surface area contributed by atoms with Crippen LogP contribution in [-0.4, -0.2) is 24.3 Å². The van der Waals surface area contributed by atoms with Crippen molar-refractivity contribution in [3.8, 4) is 0 Å². The predicted octanol–water partition coefficient (Wildman–Crippen LogP) is 2.81. The van der Waals surface area contributed by atoms with Crippen LogP contribution in [0.25, 0.3) is 0 Å². The van der Waals surface area contributed by atoms with Crippen LogP contribution in [0.15, 0.2) is 18.2 Å². The maximum absolute atomic E-state index is 9.61. The molecule has 3 atom stereocenters. The van der Waals surface area contributed by atoms with Crippen LogP contribution in [0.5, 0.6) is 0 Å². The molecule has 2 aliphatic rings. The zero-order chi connectivity index (χ0) is 11.3. The lowest BCUT2D eigenvalue weighted by Gasteiger charge is -2.34. The first-order valence-electron chi connectivity index (χ1n) is 5.52. The Hall–Kier alpha value is -0.440. The lowest BCUT2D eigenvalue weighted by atomic mass is 9.74. The number of hydrogen-bond donors (Lipinski definition) is 1. The highest BCUT2D eigenvalue weighted by molar-refractivity contribution is 6.35. The molecule has 2 nitrogen and oxygen atoms in total. The van der Waals surface area contributed by atoms with Gasteiger partial charge in [0.25, 0.3) is 0 Å². The first kappa shape index (κ1) is 10.7. The van der Waals surface area contributed by atoms with E-state index in [0.29, 0.717) is 21.9 Å². The van der Waals surface area contributed by atoms with Gasteiger partial charge in [0.05, 0.1) is 6.10 Å². The lowest BCUT2D eigenvalue weighted by molar-refractivity contribution is -0.00398. The molecule has 1 saturated heterocycles. The number of anilines is 1. The minimum absolute atomic E-state index is 0.107. The summed E-state index contributed by atoms with van der Waals surface area (Å²) in [6, 6.07) is 5.61. The Kier molecular flexibility index (Phi) is 2.54. The zero-order valence-electron chi connectivity index (χ0n) is 8.74. The molecule has 1 saturated carbocycles. The van der Waals surface area contributed by atoms with E-state index in [4.69, 9.17) is 23.2 Å². The molecule has 1 N–H and O–H groups in total. The molecular weight excluding hydrogens is 245 g/mol. The van der Waals surface area contributed by atoms with Gasteiger partial charge >= 0.3 is 0 Å². The monoisotopic (exact) mass is 257 g/mol. The van der Waals surface area contributed by atoms with Crippen LogP contribution >= 0.6 is 23.2 Å². The van der Waals surface area contributed by atoms with Crippen LogP contribution in [0.1, 0.15) is 6.42 Å². The van der Waals surface area contributed by atoms with Crippen LogP contribution < -0.4 is 4.90 Å². The normalized spacial score (nSPS) is 32.4. The Morgan fingerprint density at radius 1 is 1.12 bits per heavy atom. The molecule has 0 amide bonds. The second-order valence-corrected chi connectivity index (χ2v) is 5.63. The van der Waals surface area contributed by atoms with Gasteiger partial charge in [-0.05, 0) is 30.5 Å². The van der Waals surface area contributed by atoms with Crippen molar-refractivity contribution in [1.82, 2.24) is 0 Å². The first-order valence-corrected chi connectivity index (χ1v) is 6.28. The van der Waals surface area contributed by atoms with Crippen molar-refractivity contribution in [2.45, 2.75) is 12.5 Å². The minimum atomic E-state index is -0.107. The summed E-state index contributed by atoms with van der Waals surface area (Å²) in [5.74, 6) is 1.09. The molecule has 86 valence electrons. The third kappa shape index (κ3) is 1.69. The van der Waals surface area contributed by atoms with Crippen LogP contribution in [0.4, 0.5) is 5.69 Å². The van der Waals surface area contributed by atoms with Gasteiger partial charge < -0.3 is 10.0 Å². The van der Waals surface area contributed by atoms with Crippen LogP contribution in [-0.2, 0) is 0 Å². The van der Waals surface area contributed by atoms with Crippen molar-refractivity contribution in [1.29, 1.82) is 0 Å². The number of halogens is 2. The highest BCUT2D eigenvalue weighted by Gasteiger charge is 2.46. The number of nitrogens with zero attached hydrogens (tertiary/aromatic N) is 1. The predicted molar refractivity (Wildman–Crippen MR) is 66.3 cm³/mol. The third-order valence-corrected chi connectivity index (χ3v) is 4.18. The molecular formula is C12H13Cl2NO. The van der Waals surface area contributed by atoms with Gasteiger partial charge in [-0.15, -0.1) is 0 Å². The SMILES string of the molecule is OC1CC2CN(c3cc(Cl)cc(Cl)c3)CC12. The number of aliphatic hydroxyl groups is 1. The van der Waals surface area contributed by atoms with Gasteiger partial charge in [-0.3, -0.25) is 0 Å². The number of aliphatic hydroxyl groups excluding tert-OH is 1. The van der Waals surface area contributed by atoms with Crippen LogP contribution in [0, 0.1) is 11.8 Å². The van der Waals surface area contributed by atoms with Crippen molar-refractivity contribution < 1.29 is 5.11 Å². The molecule has 4 heteroatoms. The molecule has 1 aromatic rings. The standard InChI is InChI=1S/C12H13Cl2NO/c13-8-2-9(14)4-10(3-8)15-5-7-1-12(16)11(7)6-15/h2-4,7,11-12,16H,1,5-6H2. The molecule has 3 rings (SSSR count). The molecule has 0 aromatic heterocycles. The second-order valence-electron chi connectivity index (χ2n) is 4.76. The molecule has 16 heavy (non-hydrogen) atoms. The Labute approximate surface area is 105 Å².